The zero-order valence-electron chi connectivity index (χ0n) is 9.17. The van der Waals surface area contributed by atoms with Gasteiger partial charge in [0.2, 0.25) is 0 Å². The maximum Gasteiger partial charge on any atom is 0.341 e. The van der Waals surface area contributed by atoms with E-state index in [0.29, 0.717) is 5.56 Å². The molecule has 0 unspecified atom stereocenters. The summed E-state index contributed by atoms with van der Waals surface area (Å²) in [7, 11) is 0. The molecule has 1 aromatic carbocycles. The average Bonchev–Trinajstić information content (AvgIpc) is 2.41. The third-order valence-corrected chi connectivity index (χ3v) is 2.15. The Kier molecular flexibility index (Phi) is 3.70. The second-order valence-corrected chi connectivity index (χ2v) is 3.36. The van der Waals surface area contributed by atoms with E-state index in [9.17, 15) is 4.79 Å². The van der Waals surface area contributed by atoms with E-state index in [4.69, 9.17) is 4.74 Å². The molecule has 0 aliphatic carbocycles. The summed E-state index contributed by atoms with van der Waals surface area (Å²) in [4.78, 5) is 15.4. The van der Waals surface area contributed by atoms with Crippen LogP contribution in [0.5, 0.6) is 0 Å². The van der Waals surface area contributed by atoms with E-state index in [1.54, 1.807) is 18.3 Å². The van der Waals surface area contributed by atoms with Crippen molar-refractivity contribution in [2.24, 2.45) is 0 Å². The second-order valence-electron chi connectivity index (χ2n) is 3.36. The first-order valence-electron chi connectivity index (χ1n) is 5.22. The van der Waals surface area contributed by atoms with E-state index in [0.717, 1.165) is 5.69 Å². The topological polar surface area (TPSA) is 51.2 Å². The van der Waals surface area contributed by atoms with Crippen LogP contribution in [0.1, 0.15) is 10.4 Å². The van der Waals surface area contributed by atoms with Crippen molar-refractivity contribution >= 4 is 11.7 Å². The van der Waals surface area contributed by atoms with Crippen molar-refractivity contribution in [3.63, 3.8) is 0 Å². The van der Waals surface area contributed by atoms with Gasteiger partial charge in [0.25, 0.3) is 0 Å². The number of rotatable bonds is 4. The monoisotopic (exact) mass is 228 g/mol. The Balaban J connectivity index is 1.82. The minimum absolute atomic E-state index is 0.137. The summed E-state index contributed by atoms with van der Waals surface area (Å²) in [6, 6.07) is 12.9. The van der Waals surface area contributed by atoms with Crippen LogP contribution in [0.3, 0.4) is 0 Å². The first-order chi connectivity index (χ1) is 8.36. The van der Waals surface area contributed by atoms with Gasteiger partial charge in [0, 0.05) is 18.1 Å². The third-order valence-electron chi connectivity index (χ3n) is 2.15. The van der Waals surface area contributed by atoms with Gasteiger partial charge in [-0.15, -0.1) is 0 Å². The molecule has 0 atom stereocenters. The van der Waals surface area contributed by atoms with Crippen LogP contribution in [0, 0.1) is 0 Å². The fourth-order valence-corrected chi connectivity index (χ4v) is 1.31. The standard InChI is InChI=1S/C13H12N2O2/c16-13(11-5-4-8-14-9-11)17-10-15-12-6-2-1-3-7-12/h1-9,15H,10H2. The normalized spacial score (nSPS) is 9.65. The van der Waals surface area contributed by atoms with Crippen molar-refractivity contribution < 1.29 is 9.53 Å². The molecule has 1 heterocycles. The van der Waals surface area contributed by atoms with Crippen molar-refractivity contribution in [1.82, 2.24) is 4.98 Å². The van der Waals surface area contributed by atoms with Crippen LogP contribution in [-0.4, -0.2) is 17.7 Å². The van der Waals surface area contributed by atoms with Crippen LogP contribution < -0.4 is 5.32 Å². The van der Waals surface area contributed by atoms with Crippen molar-refractivity contribution in [3.05, 3.63) is 60.4 Å². The zero-order chi connectivity index (χ0) is 11.9. The number of esters is 1. The van der Waals surface area contributed by atoms with Gasteiger partial charge in [-0.25, -0.2) is 4.79 Å². The van der Waals surface area contributed by atoms with Crippen molar-refractivity contribution in [3.8, 4) is 0 Å². The van der Waals surface area contributed by atoms with Gasteiger partial charge in [0.1, 0.15) is 0 Å². The van der Waals surface area contributed by atoms with Gasteiger partial charge in [-0.2, -0.15) is 0 Å². The van der Waals surface area contributed by atoms with Crippen molar-refractivity contribution in [1.29, 1.82) is 0 Å². The van der Waals surface area contributed by atoms with E-state index < -0.39 is 0 Å². The Hall–Kier alpha value is -2.36. The van der Waals surface area contributed by atoms with Gasteiger partial charge in [0.15, 0.2) is 6.73 Å². The molecule has 1 aromatic heterocycles. The average molecular weight is 228 g/mol. The quantitative estimate of drug-likeness (QED) is 0.644. The smallest absolute Gasteiger partial charge is 0.341 e. The van der Waals surface area contributed by atoms with E-state index in [-0.39, 0.29) is 12.7 Å². The summed E-state index contributed by atoms with van der Waals surface area (Å²) in [6.45, 7) is 0.137. The Morgan fingerprint density at radius 1 is 1.18 bits per heavy atom. The molecule has 0 amide bonds. The molecule has 0 radical (unpaired) electrons. The number of pyridine rings is 1. The molecule has 2 aromatic rings. The first-order valence-corrected chi connectivity index (χ1v) is 5.22. The summed E-state index contributed by atoms with van der Waals surface area (Å²) in [5.74, 6) is -0.387. The van der Waals surface area contributed by atoms with E-state index in [2.05, 4.69) is 10.3 Å². The minimum atomic E-state index is -0.387. The molecule has 1 N–H and O–H groups in total. The Bertz CT molecular complexity index is 471. The number of nitrogens with one attached hydrogen (secondary N) is 1. The molecule has 2 rings (SSSR count). The summed E-state index contributed by atoms with van der Waals surface area (Å²) < 4.78 is 5.04. The highest BCUT2D eigenvalue weighted by molar-refractivity contribution is 5.88. The summed E-state index contributed by atoms with van der Waals surface area (Å²) >= 11 is 0. The van der Waals surface area contributed by atoms with Crippen LogP contribution in [0.2, 0.25) is 0 Å². The molecular weight excluding hydrogens is 216 g/mol. The number of para-hydroxylation sites is 1. The predicted molar refractivity (Wildman–Crippen MR) is 64.6 cm³/mol. The van der Waals surface area contributed by atoms with Gasteiger partial charge in [0.05, 0.1) is 5.56 Å². The van der Waals surface area contributed by atoms with Gasteiger partial charge >= 0.3 is 5.97 Å². The number of hydrogen-bond acceptors (Lipinski definition) is 4. The first kappa shape index (κ1) is 11.1. The molecule has 0 saturated carbocycles. The lowest BCUT2D eigenvalue weighted by Crippen LogP contribution is -2.12. The maximum absolute atomic E-state index is 11.5. The van der Waals surface area contributed by atoms with E-state index in [1.807, 2.05) is 30.3 Å². The van der Waals surface area contributed by atoms with Crippen molar-refractivity contribution in [2.45, 2.75) is 0 Å². The van der Waals surface area contributed by atoms with Crippen molar-refractivity contribution in [2.75, 3.05) is 12.0 Å². The highest BCUT2D eigenvalue weighted by Crippen LogP contribution is 2.05. The van der Waals surface area contributed by atoms with Crippen LogP contribution >= 0.6 is 0 Å². The molecular formula is C13H12N2O2. The molecule has 0 saturated heterocycles. The number of anilines is 1. The highest BCUT2D eigenvalue weighted by atomic mass is 16.5. The molecule has 86 valence electrons. The molecule has 0 aliphatic rings. The van der Waals surface area contributed by atoms with Crippen LogP contribution in [0.25, 0.3) is 0 Å². The van der Waals surface area contributed by atoms with Crippen LogP contribution in [0.15, 0.2) is 54.9 Å². The molecule has 0 aliphatic heterocycles. The van der Waals surface area contributed by atoms with Gasteiger partial charge in [-0.05, 0) is 24.3 Å². The van der Waals surface area contributed by atoms with E-state index in [1.165, 1.54) is 6.20 Å². The van der Waals surface area contributed by atoms with Crippen LogP contribution in [-0.2, 0) is 4.74 Å². The fraction of sp³-hybridized carbons (Fsp3) is 0.0769. The molecule has 17 heavy (non-hydrogen) atoms. The fourth-order valence-electron chi connectivity index (χ4n) is 1.31. The number of hydrogen-bond donors (Lipinski definition) is 1. The van der Waals surface area contributed by atoms with Gasteiger partial charge in [-0.3, -0.25) is 4.98 Å². The Morgan fingerprint density at radius 3 is 2.71 bits per heavy atom. The lowest BCUT2D eigenvalue weighted by molar-refractivity contribution is 0.0533. The summed E-state index contributed by atoms with van der Waals surface area (Å²) in [5, 5.41) is 2.98. The molecule has 4 heteroatoms. The van der Waals surface area contributed by atoms with Gasteiger partial charge < -0.3 is 10.1 Å². The lowest BCUT2D eigenvalue weighted by atomic mass is 10.3. The third kappa shape index (κ3) is 3.31. The molecule has 4 nitrogen and oxygen atoms in total. The number of nitrogens with zero attached hydrogens (tertiary/aromatic N) is 1. The van der Waals surface area contributed by atoms with Gasteiger partial charge in [-0.1, -0.05) is 18.2 Å². The molecule has 0 fully saturated rings. The largest absolute Gasteiger partial charge is 0.441 e. The number of carbonyl (C=O) groups excluding carboxylic acids is 1. The second kappa shape index (κ2) is 5.65. The summed E-state index contributed by atoms with van der Waals surface area (Å²) in [6.07, 6.45) is 3.09. The lowest BCUT2D eigenvalue weighted by Gasteiger charge is -2.07. The zero-order valence-corrected chi connectivity index (χ0v) is 9.17. The van der Waals surface area contributed by atoms with Crippen LogP contribution in [0.4, 0.5) is 5.69 Å². The number of ether oxygens (including phenoxy) is 1. The number of aromatic nitrogens is 1. The number of benzene rings is 1. The SMILES string of the molecule is O=C(OCNc1ccccc1)c1cccnc1. The number of carbonyl (C=O) groups is 1. The minimum Gasteiger partial charge on any atom is -0.441 e. The highest BCUT2D eigenvalue weighted by Gasteiger charge is 2.05. The van der Waals surface area contributed by atoms with E-state index >= 15 is 0 Å². The molecule has 0 spiro atoms. The predicted octanol–water partition coefficient (Wildman–Crippen LogP) is 2.31. The Morgan fingerprint density at radius 2 is 2.00 bits per heavy atom. The summed E-state index contributed by atoms with van der Waals surface area (Å²) in [5.41, 5.74) is 1.36. The maximum atomic E-state index is 11.5. The Labute approximate surface area is 99.3 Å². The molecule has 0 bridgehead atoms.